The highest BCUT2D eigenvalue weighted by Gasteiger charge is 2.07. The predicted octanol–water partition coefficient (Wildman–Crippen LogP) is 4.34. The molecule has 2 nitrogen and oxygen atoms in total. The van der Waals surface area contributed by atoms with Gasteiger partial charge in [-0.3, -0.25) is 0 Å². The van der Waals surface area contributed by atoms with Gasteiger partial charge in [-0.25, -0.2) is 9.37 Å². The van der Waals surface area contributed by atoms with Crippen molar-refractivity contribution in [3.8, 4) is 0 Å². The molecule has 0 saturated heterocycles. The molecule has 0 aliphatic carbocycles. The number of nitrogens with one attached hydrogen (secondary N) is 1. The van der Waals surface area contributed by atoms with E-state index in [-0.39, 0.29) is 5.82 Å². The molecule has 0 saturated carbocycles. The molecule has 1 aromatic carbocycles. The summed E-state index contributed by atoms with van der Waals surface area (Å²) in [7, 11) is 0. The Morgan fingerprint density at radius 1 is 1.24 bits per heavy atom. The smallest absolute Gasteiger partial charge is 0.146 e. The minimum absolute atomic E-state index is 0.269. The standard InChI is InChI=1S/C13H12BrFN2/c1-8-4-3-5-11(15)12(8)17-13-9(2)6-10(14)7-16-13/h3-7H,1-2H3,(H,16,17). The average molecular weight is 295 g/mol. The van der Waals surface area contributed by atoms with E-state index < -0.39 is 0 Å². The molecule has 0 spiro atoms. The highest BCUT2D eigenvalue weighted by atomic mass is 79.9. The molecule has 0 fully saturated rings. The van der Waals surface area contributed by atoms with Crippen molar-refractivity contribution in [2.75, 3.05) is 5.32 Å². The Balaban J connectivity index is 2.38. The maximum absolute atomic E-state index is 13.6. The summed E-state index contributed by atoms with van der Waals surface area (Å²) in [5.74, 6) is 0.399. The van der Waals surface area contributed by atoms with Gasteiger partial charge in [-0.05, 0) is 53.0 Å². The van der Waals surface area contributed by atoms with Crippen molar-refractivity contribution in [2.45, 2.75) is 13.8 Å². The van der Waals surface area contributed by atoms with Crippen LogP contribution in [0.1, 0.15) is 11.1 Å². The number of rotatable bonds is 2. The van der Waals surface area contributed by atoms with Gasteiger partial charge in [0.05, 0.1) is 5.69 Å². The lowest BCUT2D eigenvalue weighted by atomic mass is 10.2. The lowest BCUT2D eigenvalue weighted by molar-refractivity contribution is 0.630. The quantitative estimate of drug-likeness (QED) is 0.891. The fraction of sp³-hybridized carbons (Fsp3) is 0.154. The van der Waals surface area contributed by atoms with E-state index in [4.69, 9.17) is 0 Å². The van der Waals surface area contributed by atoms with Gasteiger partial charge in [-0.1, -0.05) is 12.1 Å². The summed E-state index contributed by atoms with van der Waals surface area (Å²) in [6.07, 6.45) is 1.69. The van der Waals surface area contributed by atoms with E-state index in [1.807, 2.05) is 26.0 Å². The van der Waals surface area contributed by atoms with Crippen LogP contribution >= 0.6 is 15.9 Å². The van der Waals surface area contributed by atoms with Gasteiger partial charge in [0.1, 0.15) is 11.6 Å². The maximum atomic E-state index is 13.6. The summed E-state index contributed by atoms with van der Waals surface area (Å²) in [5, 5.41) is 3.03. The van der Waals surface area contributed by atoms with Gasteiger partial charge in [0.2, 0.25) is 0 Å². The molecule has 88 valence electrons. The minimum atomic E-state index is -0.269. The predicted molar refractivity (Wildman–Crippen MR) is 71.1 cm³/mol. The highest BCUT2D eigenvalue weighted by molar-refractivity contribution is 9.10. The van der Waals surface area contributed by atoms with Gasteiger partial charge < -0.3 is 5.32 Å². The Morgan fingerprint density at radius 3 is 2.65 bits per heavy atom. The van der Waals surface area contributed by atoms with Gasteiger partial charge in [0.15, 0.2) is 0 Å². The molecule has 0 aliphatic rings. The molecule has 0 radical (unpaired) electrons. The van der Waals surface area contributed by atoms with E-state index in [2.05, 4.69) is 26.2 Å². The van der Waals surface area contributed by atoms with E-state index in [1.54, 1.807) is 12.3 Å². The van der Waals surface area contributed by atoms with Crippen LogP contribution in [0.5, 0.6) is 0 Å². The van der Waals surface area contributed by atoms with Crippen molar-refractivity contribution < 1.29 is 4.39 Å². The second kappa shape index (κ2) is 4.84. The van der Waals surface area contributed by atoms with E-state index >= 15 is 0 Å². The lowest BCUT2D eigenvalue weighted by Crippen LogP contribution is -2.00. The summed E-state index contributed by atoms with van der Waals surface area (Å²) >= 11 is 3.35. The molecule has 2 rings (SSSR count). The zero-order valence-corrected chi connectivity index (χ0v) is 11.2. The van der Waals surface area contributed by atoms with Crippen LogP contribution < -0.4 is 5.32 Å². The second-order valence-electron chi connectivity index (χ2n) is 3.88. The third-order valence-electron chi connectivity index (χ3n) is 2.51. The molecule has 0 aliphatic heterocycles. The number of benzene rings is 1. The molecule has 1 aromatic heterocycles. The van der Waals surface area contributed by atoms with Crippen LogP contribution in [0.15, 0.2) is 34.9 Å². The van der Waals surface area contributed by atoms with Crippen molar-refractivity contribution >= 4 is 27.4 Å². The first-order valence-electron chi connectivity index (χ1n) is 5.22. The fourth-order valence-corrected chi connectivity index (χ4v) is 2.03. The molecule has 4 heteroatoms. The number of hydrogen-bond acceptors (Lipinski definition) is 2. The Labute approximate surface area is 108 Å². The summed E-state index contributed by atoms with van der Waals surface area (Å²) in [5.41, 5.74) is 2.29. The monoisotopic (exact) mass is 294 g/mol. The molecular weight excluding hydrogens is 283 g/mol. The number of aromatic nitrogens is 1. The lowest BCUT2D eigenvalue weighted by Gasteiger charge is -2.11. The second-order valence-corrected chi connectivity index (χ2v) is 4.79. The van der Waals surface area contributed by atoms with E-state index in [1.165, 1.54) is 6.07 Å². The highest BCUT2D eigenvalue weighted by Crippen LogP contribution is 2.25. The first kappa shape index (κ1) is 12.0. The molecule has 17 heavy (non-hydrogen) atoms. The summed E-state index contributed by atoms with van der Waals surface area (Å²) < 4.78 is 14.6. The van der Waals surface area contributed by atoms with Crippen LogP contribution in [-0.4, -0.2) is 4.98 Å². The molecule has 0 unspecified atom stereocenters. The average Bonchev–Trinajstić information content (AvgIpc) is 2.26. The summed E-state index contributed by atoms with van der Waals surface area (Å²) in [6, 6.07) is 6.92. The minimum Gasteiger partial charge on any atom is -0.337 e. The zero-order valence-electron chi connectivity index (χ0n) is 9.59. The number of anilines is 2. The zero-order chi connectivity index (χ0) is 12.4. The van der Waals surface area contributed by atoms with Crippen LogP contribution in [0.2, 0.25) is 0 Å². The van der Waals surface area contributed by atoms with Crippen molar-refractivity contribution in [3.05, 3.63) is 51.9 Å². The molecular formula is C13H12BrFN2. The van der Waals surface area contributed by atoms with Crippen molar-refractivity contribution in [2.24, 2.45) is 0 Å². The molecule has 1 N–H and O–H groups in total. The first-order valence-corrected chi connectivity index (χ1v) is 6.01. The van der Waals surface area contributed by atoms with Gasteiger partial charge >= 0.3 is 0 Å². The van der Waals surface area contributed by atoms with Gasteiger partial charge in [0, 0.05) is 10.7 Å². The Kier molecular flexibility index (Phi) is 3.43. The van der Waals surface area contributed by atoms with E-state index in [9.17, 15) is 4.39 Å². The van der Waals surface area contributed by atoms with E-state index in [0.717, 1.165) is 15.6 Å². The van der Waals surface area contributed by atoms with Crippen molar-refractivity contribution in [1.29, 1.82) is 0 Å². The SMILES string of the molecule is Cc1cc(Br)cnc1Nc1c(C)cccc1F. The molecule has 2 aromatic rings. The van der Waals surface area contributed by atoms with Crippen LogP contribution in [0.4, 0.5) is 15.9 Å². The molecule has 0 atom stereocenters. The van der Waals surface area contributed by atoms with Gasteiger partial charge in [-0.15, -0.1) is 0 Å². The van der Waals surface area contributed by atoms with Crippen LogP contribution in [0.3, 0.4) is 0 Å². The summed E-state index contributed by atoms with van der Waals surface area (Å²) in [6.45, 7) is 3.79. The summed E-state index contributed by atoms with van der Waals surface area (Å²) in [4.78, 5) is 4.23. The molecule has 1 heterocycles. The Hall–Kier alpha value is -1.42. The normalized spacial score (nSPS) is 10.4. The van der Waals surface area contributed by atoms with E-state index in [0.29, 0.717) is 11.5 Å². The van der Waals surface area contributed by atoms with Gasteiger partial charge in [0.25, 0.3) is 0 Å². The largest absolute Gasteiger partial charge is 0.337 e. The Bertz CT molecular complexity index is 535. The molecule has 0 bridgehead atoms. The third kappa shape index (κ3) is 2.64. The topological polar surface area (TPSA) is 24.9 Å². The van der Waals surface area contributed by atoms with Crippen molar-refractivity contribution in [3.63, 3.8) is 0 Å². The van der Waals surface area contributed by atoms with Crippen LogP contribution in [0, 0.1) is 19.7 Å². The number of aryl methyl sites for hydroxylation is 2. The number of nitrogens with zero attached hydrogens (tertiary/aromatic N) is 1. The fourth-order valence-electron chi connectivity index (χ4n) is 1.58. The number of pyridine rings is 1. The van der Waals surface area contributed by atoms with Crippen LogP contribution in [0.25, 0.3) is 0 Å². The number of halogens is 2. The maximum Gasteiger partial charge on any atom is 0.146 e. The molecule has 0 amide bonds. The number of para-hydroxylation sites is 1. The van der Waals surface area contributed by atoms with Gasteiger partial charge in [-0.2, -0.15) is 0 Å². The van der Waals surface area contributed by atoms with Crippen molar-refractivity contribution in [1.82, 2.24) is 4.98 Å². The third-order valence-corrected chi connectivity index (χ3v) is 2.94. The first-order chi connectivity index (χ1) is 8.08. The number of hydrogen-bond donors (Lipinski definition) is 1. The van der Waals surface area contributed by atoms with Crippen LogP contribution in [-0.2, 0) is 0 Å². The Morgan fingerprint density at radius 2 is 2.00 bits per heavy atom.